The second-order valence-corrected chi connectivity index (χ2v) is 3.99. The van der Waals surface area contributed by atoms with Crippen molar-refractivity contribution in [3.05, 3.63) is 59.5 Å². The Morgan fingerprint density at radius 2 is 1.71 bits per heavy atom. The van der Waals surface area contributed by atoms with Gasteiger partial charge in [0, 0.05) is 5.56 Å². The maximum Gasteiger partial charge on any atom is 0.433 e. The molecule has 8 heteroatoms. The molecule has 0 aliphatic carbocycles. The zero-order chi connectivity index (χ0) is 15.5. The number of anilines is 1. The van der Waals surface area contributed by atoms with E-state index < -0.39 is 23.6 Å². The molecule has 0 spiro atoms. The third-order valence-corrected chi connectivity index (χ3v) is 2.45. The van der Waals surface area contributed by atoms with Crippen LogP contribution in [0.25, 0.3) is 0 Å². The van der Waals surface area contributed by atoms with Crippen molar-refractivity contribution in [2.75, 3.05) is 5.43 Å². The first kappa shape index (κ1) is 14.8. The van der Waals surface area contributed by atoms with E-state index in [-0.39, 0.29) is 11.4 Å². The van der Waals surface area contributed by atoms with Crippen LogP contribution in [0, 0.1) is 5.82 Å². The number of carbonyl (C=O) groups excluding carboxylic acids is 1. The first-order valence-electron chi connectivity index (χ1n) is 5.72. The predicted octanol–water partition coefficient (Wildman–Crippen LogP) is 3.00. The van der Waals surface area contributed by atoms with Gasteiger partial charge in [-0.25, -0.2) is 9.37 Å². The number of benzene rings is 1. The molecule has 2 N–H and O–H groups in total. The summed E-state index contributed by atoms with van der Waals surface area (Å²) in [7, 11) is 0. The van der Waals surface area contributed by atoms with Gasteiger partial charge in [-0.15, -0.1) is 0 Å². The predicted molar refractivity (Wildman–Crippen MR) is 66.7 cm³/mol. The number of carbonyl (C=O) groups is 1. The minimum absolute atomic E-state index is 0.149. The van der Waals surface area contributed by atoms with Crippen molar-refractivity contribution >= 4 is 11.7 Å². The molecule has 0 unspecified atom stereocenters. The van der Waals surface area contributed by atoms with Gasteiger partial charge in [-0.1, -0.05) is 6.07 Å². The summed E-state index contributed by atoms with van der Waals surface area (Å²) in [4.78, 5) is 15.0. The van der Waals surface area contributed by atoms with E-state index in [0.29, 0.717) is 0 Å². The summed E-state index contributed by atoms with van der Waals surface area (Å²) in [6.45, 7) is 0. The van der Waals surface area contributed by atoms with Gasteiger partial charge in [-0.05, 0) is 36.4 Å². The molecule has 0 fully saturated rings. The van der Waals surface area contributed by atoms with Crippen LogP contribution < -0.4 is 10.9 Å². The van der Waals surface area contributed by atoms with Crippen LogP contribution >= 0.6 is 0 Å². The monoisotopic (exact) mass is 299 g/mol. The van der Waals surface area contributed by atoms with Gasteiger partial charge in [0.25, 0.3) is 5.91 Å². The highest BCUT2D eigenvalue weighted by atomic mass is 19.4. The summed E-state index contributed by atoms with van der Waals surface area (Å²) in [5.41, 5.74) is 3.51. The lowest BCUT2D eigenvalue weighted by Crippen LogP contribution is -2.30. The first-order chi connectivity index (χ1) is 9.86. The van der Waals surface area contributed by atoms with Crippen LogP contribution in [0.15, 0.2) is 42.5 Å². The molecule has 2 rings (SSSR count). The quantitative estimate of drug-likeness (QED) is 0.676. The molecule has 0 radical (unpaired) electrons. The zero-order valence-corrected chi connectivity index (χ0v) is 10.4. The Morgan fingerprint density at radius 1 is 1.05 bits per heavy atom. The summed E-state index contributed by atoms with van der Waals surface area (Å²) >= 11 is 0. The number of amides is 1. The fourth-order valence-electron chi connectivity index (χ4n) is 1.46. The first-order valence-corrected chi connectivity index (χ1v) is 5.72. The Balaban J connectivity index is 2.03. The van der Waals surface area contributed by atoms with Gasteiger partial charge in [0.2, 0.25) is 0 Å². The number of halogens is 4. The minimum atomic E-state index is -4.57. The standard InChI is InChI=1S/C13H9F4N3O/c14-9-6-4-8(5-7-9)12(21)20-19-11-3-1-2-10(18-11)13(15,16)17/h1-7H,(H,18,19)(H,20,21). The van der Waals surface area contributed by atoms with E-state index in [4.69, 9.17) is 0 Å². The van der Waals surface area contributed by atoms with Crippen molar-refractivity contribution in [1.82, 2.24) is 10.4 Å². The van der Waals surface area contributed by atoms with Crippen LogP contribution in [-0.4, -0.2) is 10.9 Å². The number of pyridine rings is 1. The molecule has 21 heavy (non-hydrogen) atoms. The summed E-state index contributed by atoms with van der Waals surface area (Å²) < 4.78 is 50.1. The maximum absolute atomic E-state index is 12.7. The zero-order valence-electron chi connectivity index (χ0n) is 10.4. The van der Waals surface area contributed by atoms with Crippen LogP contribution in [0.5, 0.6) is 0 Å². The third kappa shape index (κ3) is 3.91. The molecule has 110 valence electrons. The van der Waals surface area contributed by atoms with Gasteiger partial charge in [0.15, 0.2) is 0 Å². The SMILES string of the molecule is O=C(NNc1cccc(C(F)(F)F)n1)c1ccc(F)cc1. The summed E-state index contributed by atoms with van der Waals surface area (Å²) in [6, 6.07) is 7.90. The van der Waals surface area contributed by atoms with Gasteiger partial charge >= 0.3 is 6.18 Å². The maximum atomic E-state index is 12.7. The normalized spacial score (nSPS) is 11.0. The highest BCUT2D eigenvalue weighted by Crippen LogP contribution is 2.27. The molecule has 0 aliphatic heterocycles. The third-order valence-electron chi connectivity index (χ3n) is 2.45. The lowest BCUT2D eigenvalue weighted by Gasteiger charge is -2.10. The van der Waals surface area contributed by atoms with Gasteiger partial charge in [-0.3, -0.25) is 15.6 Å². The molecule has 0 bridgehead atoms. The summed E-state index contributed by atoms with van der Waals surface area (Å²) in [5.74, 6) is -1.30. The summed E-state index contributed by atoms with van der Waals surface area (Å²) in [5, 5.41) is 0. The lowest BCUT2D eigenvalue weighted by atomic mass is 10.2. The molecular formula is C13H9F4N3O. The number of hydrogen-bond acceptors (Lipinski definition) is 3. The molecule has 2 aromatic rings. The number of alkyl halides is 3. The second kappa shape index (κ2) is 5.78. The van der Waals surface area contributed by atoms with Crippen LogP contribution in [-0.2, 0) is 6.18 Å². The molecule has 1 amide bonds. The largest absolute Gasteiger partial charge is 0.433 e. The molecule has 0 atom stereocenters. The Bertz CT molecular complexity index is 641. The van der Waals surface area contributed by atoms with Crippen LogP contribution in [0.3, 0.4) is 0 Å². The average Bonchev–Trinajstić information content (AvgIpc) is 2.45. The highest BCUT2D eigenvalue weighted by Gasteiger charge is 2.32. The number of hydrazine groups is 1. The molecule has 4 nitrogen and oxygen atoms in total. The fraction of sp³-hybridized carbons (Fsp3) is 0.0769. The Morgan fingerprint density at radius 3 is 2.33 bits per heavy atom. The van der Waals surface area contributed by atoms with Crippen molar-refractivity contribution in [3.8, 4) is 0 Å². The van der Waals surface area contributed by atoms with Gasteiger partial charge in [-0.2, -0.15) is 13.2 Å². The Hall–Kier alpha value is -2.64. The number of nitrogens with zero attached hydrogens (tertiary/aromatic N) is 1. The summed E-state index contributed by atoms with van der Waals surface area (Å²) in [6.07, 6.45) is -4.57. The number of nitrogens with one attached hydrogen (secondary N) is 2. The van der Waals surface area contributed by atoms with Crippen LogP contribution in [0.4, 0.5) is 23.4 Å². The minimum Gasteiger partial charge on any atom is -0.282 e. The number of aromatic nitrogens is 1. The molecule has 1 aromatic carbocycles. The molecule has 0 saturated carbocycles. The molecule has 1 heterocycles. The average molecular weight is 299 g/mol. The second-order valence-electron chi connectivity index (χ2n) is 3.99. The number of hydrogen-bond donors (Lipinski definition) is 2. The van der Waals surface area contributed by atoms with Crippen molar-refractivity contribution < 1.29 is 22.4 Å². The lowest BCUT2D eigenvalue weighted by molar-refractivity contribution is -0.141. The van der Waals surface area contributed by atoms with E-state index in [9.17, 15) is 22.4 Å². The van der Waals surface area contributed by atoms with Crippen molar-refractivity contribution in [2.24, 2.45) is 0 Å². The fourth-order valence-corrected chi connectivity index (χ4v) is 1.46. The van der Waals surface area contributed by atoms with E-state index >= 15 is 0 Å². The van der Waals surface area contributed by atoms with E-state index in [0.717, 1.165) is 24.3 Å². The Labute approximate surface area is 116 Å². The van der Waals surface area contributed by atoms with E-state index in [2.05, 4.69) is 15.8 Å². The number of rotatable bonds is 3. The van der Waals surface area contributed by atoms with Crippen molar-refractivity contribution in [3.63, 3.8) is 0 Å². The highest BCUT2D eigenvalue weighted by molar-refractivity contribution is 5.94. The topological polar surface area (TPSA) is 54.0 Å². The van der Waals surface area contributed by atoms with Gasteiger partial charge in [0.05, 0.1) is 0 Å². The van der Waals surface area contributed by atoms with Crippen LogP contribution in [0.1, 0.15) is 16.1 Å². The van der Waals surface area contributed by atoms with Crippen molar-refractivity contribution in [1.29, 1.82) is 0 Å². The van der Waals surface area contributed by atoms with Crippen LogP contribution in [0.2, 0.25) is 0 Å². The molecule has 0 saturated heterocycles. The van der Waals surface area contributed by atoms with Crippen molar-refractivity contribution in [2.45, 2.75) is 6.18 Å². The molecular weight excluding hydrogens is 290 g/mol. The molecule has 0 aliphatic rings. The van der Waals surface area contributed by atoms with Gasteiger partial charge in [0.1, 0.15) is 17.3 Å². The van der Waals surface area contributed by atoms with Gasteiger partial charge < -0.3 is 0 Å². The Kier molecular flexibility index (Phi) is 4.06. The van der Waals surface area contributed by atoms with E-state index in [1.165, 1.54) is 18.2 Å². The van der Waals surface area contributed by atoms with E-state index in [1.54, 1.807) is 0 Å². The van der Waals surface area contributed by atoms with E-state index in [1.807, 2.05) is 0 Å². The smallest absolute Gasteiger partial charge is 0.282 e. The molecule has 1 aromatic heterocycles.